The molecule has 2 heterocycles. The van der Waals surface area contributed by atoms with Gasteiger partial charge in [0.1, 0.15) is 6.10 Å². The van der Waals surface area contributed by atoms with E-state index in [1.165, 1.54) is 5.56 Å². The number of benzene rings is 1. The number of amides is 1. The van der Waals surface area contributed by atoms with Crippen molar-refractivity contribution >= 4 is 29.7 Å². The second-order valence-corrected chi connectivity index (χ2v) is 7.48. The summed E-state index contributed by atoms with van der Waals surface area (Å²) >= 11 is 1.66. The summed E-state index contributed by atoms with van der Waals surface area (Å²) in [7, 11) is 0. The Hall–Kier alpha value is -1.40. The van der Waals surface area contributed by atoms with Gasteiger partial charge in [-0.25, -0.2) is 0 Å². The molecular formula is C20H27ClN2O2S. The smallest absolute Gasteiger partial charge is 0.251 e. The third-order valence-electron chi connectivity index (χ3n) is 4.79. The first kappa shape index (κ1) is 20.9. The summed E-state index contributed by atoms with van der Waals surface area (Å²) in [6, 6.07) is 12.6. The van der Waals surface area contributed by atoms with Gasteiger partial charge < -0.3 is 15.4 Å². The van der Waals surface area contributed by atoms with Crippen LogP contribution in [-0.4, -0.2) is 31.7 Å². The van der Waals surface area contributed by atoms with Gasteiger partial charge in [0.05, 0.1) is 12.6 Å². The summed E-state index contributed by atoms with van der Waals surface area (Å²) in [5.41, 5.74) is 2.44. The third kappa shape index (κ3) is 5.07. The molecule has 1 fully saturated rings. The van der Waals surface area contributed by atoms with Crippen LogP contribution in [0.25, 0.3) is 0 Å². The van der Waals surface area contributed by atoms with Crippen molar-refractivity contribution in [3.05, 3.63) is 57.8 Å². The lowest BCUT2D eigenvalue weighted by Crippen LogP contribution is -2.48. The van der Waals surface area contributed by atoms with Crippen molar-refractivity contribution in [2.45, 2.75) is 38.3 Å². The molecule has 6 heteroatoms. The molecule has 4 nitrogen and oxygen atoms in total. The predicted octanol–water partition coefficient (Wildman–Crippen LogP) is 3.88. The van der Waals surface area contributed by atoms with Crippen LogP contribution in [0.15, 0.2) is 41.8 Å². The molecular weight excluding hydrogens is 368 g/mol. The molecule has 0 spiro atoms. The van der Waals surface area contributed by atoms with E-state index in [0.717, 1.165) is 23.4 Å². The number of hydrogen-bond donors (Lipinski definition) is 2. The largest absolute Gasteiger partial charge is 0.366 e. The van der Waals surface area contributed by atoms with Crippen LogP contribution in [-0.2, 0) is 9.53 Å². The molecule has 0 bridgehead atoms. The summed E-state index contributed by atoms with van der Waals surface area (Å²) in [6.45, 7) is 6.38. The molecule has 1 amide bonds. The van der Waals surface area contributed by atoms with Crippen LogP contribution in [0.2, 0.25) is 0 Å². The van der Waals surface area contributed by atoms with Crippen molar-refractivity contribution in [2.75, 3.05) is 19.7 Å². The summed E-state index contributed by atoms with van der Waals surface area (Å²) < 4.78 is 5.59. The highest BCUT2D eigenvalue weighted by molar-refractivity contribution is 7.10. The van der Waals surface area contributed by atoms with Gasteiger partial charge in [-0.05, 0) is 34.9 Å². The molecule has 26 heavy (non-hydrogen) atoms. The van der Waals surface area contributed by atoms with Crippen LogP contribution in [0, 0.1) is 0 Å². The Morgan fingerprint density at radius 1 is 1.31 bits per heavy atom. The Morgan fingerprint density at radius 2 is 2.04 bits per heavy atom. The van der Waals surface area contributed by atoms with Crippen molar-refractivity contribution in [1.82, 2.24) is 10.6 Å². The summed E-state index contributed by atoms with van der Waals surface area (Å²) in [5.74, 6) is 0.488. The molecule has 1 aliphatic heterocycles. The SMILES string of the molecule is CCC(C)c1ccc(C(NC(=O)C2CNCCO2)c2cccs2)cc1.Cl. The van der Waals surface area contributed by atoms with E-state index in [4.69, 9.17) is 4.74 Å². The zero-order valence-electron chi connectivity index (χ0n) is 15.2. The number of ether oxygens (including phenoxy) is 1. The van der Waals surface area contributed by atoms with Crippen molar-refractivity contribution in [1.29, 1.82) is 0 Å². The van der Waals surface area contributed by atoms with E-state index in [0.29, 0.717) is 19.1 Å². The average molecular weight is 395 g/mol. The van der Waals surface area contributed by atoms with Gasteiger partial charge in [0.25, 0.3) is 5.91 Å². The Labute approximate surface area is 165 Å². The average Bonchev–Trinajstić information content (AvgIpc) is 3.20. The molecule has 3 rings (SSSR count). The van der Waals surface area contributed by atoms with Crippen LogP contribution >= 0.6 is 23.7 Å². The van der Waals surface area contributed by atoms with Crippen molar-refractivity contribution < 1.29 is 9.53 Å². The van der Waals surface area contributed by atoms with Crippen molar-refractivity contribution in [3.63, 3.8) is 0 Å². The molecule has 1 aromatic heterocycles. The number of halogens is 1. The number of morpholine rings is 1. The van der Waals surface area contributed by atoms with Gasteiger partial charge in [0.15, 0.2) is 0 Å². The van der Waals surface area contributed by atoms with E-state index in [2.05, 4.69) is 54.8 Å². The molecule has 3 atom stereocenters. The lowest BCUT2D eigenvalue weighted by Gasteiger charge is -2.26. The minimum atomic E-state index is -0.421. The number of carbonyl (C=O) groups excluding carboxylic acids is 1. The number of carbonyl (C=O) groups is 1. The number of thiophene rings is 1. The van der Waals surface area contributed by atoms with Gasteiger partial charge in [-0.15, -0.1) is 23.7 Å². The Morgan fingerprint density at radius 3 is 2.62 bits per heavy atom. The van der Waals surface area contributed by atoms with Crippen LogP contribution in [0.5, 0.6) is 0 Å². The quantitative estimate of drug-likeness (QED) is 0.781. The third-order valence-corrected chi connectivity index (χ3v) is 5.72. The zero-order chi connectivity index (χ0) is 17.6. The van der Waals surface area contributed by atoms with E-state index < -0.39 is 6.10 Å². The highest BCUT2D eigenvalue weighted by Gasteiger charge is 2.26. The molecule has 0 saturated carbocycles. The monoisotopic (exact) mass is 394 g/mol. The second kappa shape index (κ2) is 10.1. The topological polar surface area (TPSA) is 50.4 Å². The Bertz CT molecular complexity index is 670. The van der Waals surface area contributed by atoms with Crippen LogP contribution in [0.3, 0.4) is 0 Å². The number of hydrogen-bond acceptors (Lipinski definition) is 4. The molecule has 0 radical (unpaired) electrons. The first-order valence-corrected chi connectivity index (χ1v) is 9.83. The number of nitrogens with one attached hydrogen (secondary N) is 2. The van der Waals surface area contributed by atoms with Crippen molar-refractivity contribution in [3.8, 4) is 0 Å². The van der Waals surface area contributed by atoms with Crippen LogP contribution < -0.4 is 10.6 Å². The Balaban J connectivity index is 0.00000243. The van der Waals surface area contributed by atoms with Gasteiger partial charge in [0, 0.05) is 18.0 Å². The fourth-order valence-electron chi connectivity index (χ4n) is 3.00. The molecule has 142 valence electrons. The zero-order valence-corrected chi connectivity index (χ0v) is 16.9. The summed E-state index contributed by atoms with van der Waals surface area (Å²) in [5, 5.41) is 8.42. The minimum absolute atomic E-state index is 0. The molecule has 1 aliphatic rings. The summed E-state index contributed by atoms with van der Waals surface area (Å²) in [4.78, 5) is 13.8. The van der Waals surface area contributed by atoms with E-state index >= 15 is 0 Å². The van der Waals surface area contributed by atoms with Crippen LogP contribution in [0.1, 0.15) is 48.2 Å². The van der Waals surface area contributed by atoms with Gasteiger partial charge in [0.2, 0.25) is 0 Å². The molecule has 1 saturated heterocycles. The molecule has 1 aromatic carbocycles. The van der Waals surface area contributed by atoms with Gasteiger partial charge >= 0.3 is 0 Å². The van der Waals surface area contributed by atoms with Gasteiger partial charge in [-0.2, -0.15) is 0 Å². The number of rotatable bonds is 6. The lowest BCUT2D eigenvalue weighted by molar-refractivity contribution is -0.134. The summed E-state index contributed by atoms with van der Waals surface area (Å²) in [6.07, 6.45) is 0.701. The van der Waals surface area contributed by atoms with Crippen LogP contribution in [0.4, 0.5) is 0 Å². The highest BCUT2D eigenvalue weighted by Crippen LogP contribution is 2.28. The molecule has 0 aliphatic carbocycles. The lowest BCUT2D eigenvalue weighted by atomic mass is 9.95. The fourth-order valence-corrected chi connectivity index (χ4v) is 3.80. The molecule has 2 aromatic rings. The van der Waals surface area contributed by atoms with E-state index in [9.17, 15) is 4.79 Å². The first-order chi connectivity index (χ1) is 12.2. The van der Waals surface area contributed by atoms with E-state index in [1.54, 1.807) is 11.3 Å². The predicted molar refractivity (Wildman–Crippen MR) is 109 cm³/mol. The second-order valence-electron chi connectivity index (χ2n) is 6.50. The minimum Gasteiger partial charge on any atom is -0.366 e. The molecule has 2 N–H and O–H groups in total. The van der Waals surface area contributed by atoms with Gasteiger partial charge in [-0.3, -0.25) is 4.79 Å². The fraction of sp³-hybridized carbons (Fsp3) is 0.450. The highest BCUT2D eigenvalue weighted by atomic mass is 35.5. The van der Waals surface area contributed by atoms with E-state index in [1.807, 2.05) is 11.4 Å². The first-order valence-electron chi connectivity index (χ1n) is 8.95. The van der Waals surface area contributed by atoms with Gasteiger partial charge in [-0.1, -0.05) is 44.2 Å². The van der Waals surface area contributed by atoms with E-state index in [-0.39, 0.29) is 24.4 Å². The normalized spacial score (nSPS) is 19.2. The maximum atomic E-state index is 12.6. The maximum absolute atomic E-state index is 12.6. The maximum Gasteiger partial charge on any atom is 0.251 e. The standard InChI is InChI=1S/C20H26N2O2S.ClH/c1-3-14(2)15-6-8-16(9-7-15)19(18-5-4-12-25-18)22-20(23)17-13-21-10-11-24-17;/h4-9,12,14,17,19,21H,3,10-11,13H2,1-2H3,(H,22,23);1H. The van der Waals surface area contributed by atoms with Crippen molar-refractivity contribution in [2.24, 2.45) is 0 Å². The Kier molecular flexibility index (Phi) is 8.10. The molecule has 3 unspecified atom stereocenters.